The topological polar surface area (TPSA) is 93.3 Å². The van der Waals surface area contributed by atoms with Crippen LogP contribution in [-0.4, -0.2) is 35.8 Å². The van der Waals surface area contributed by atoms with Crippen LogP contribution in [0.4, 0.5) is 14.5 Å². The Bertz CT molecular complexity index is 954. The quantitative estimate of drug-likeness (QED) is 0.681. The van der Waals surface area contributed by atoms with E-state index in [4.69, 9.17) is 0 Å². The first kappa shape index (κ1) is 17.3. The van der Waals surface area contributed by atoms with Crippen molar-refractivity contribution in [3.63, 3.8) is 0 Å². The normalized spacial score (nSPS) is 10.8. The number of nitrogens with zero attached hydrogens (tertiary/aromatic N) is 1. The number of aromatic nitrogens is 2. The van der Waals surface area contributed by atoms with E-state index in [0.29, 0.717) is 16.6 Å². The Labute approximate surface area is 145 Å². The fourth-order valence-electron chi connectivity index (χ4n) is 2.34. The first-order valence-corrected chi connectivity index (χ1v) is 7.40. The van der Waals surface area contributed by atoms with Gasteiger partial charge in [0.15, 0.2) is 5.69 Å². The van der Waals surface area contributed by atoms with Crippen LogP contribution in [0.3, 0.4) is 0 Å². The van der Waals surface area contributed by atoms with E-state index in [-0.39, 0.29) is 17.0 Å². The van der Waals surface area contributed by atoms with E-state index in [2.05, 4.69) is 25.0 Å². The Morgan fingerprint density at radius 3 is 2.54 bits per heavy atom. The summed E-state index contributed by atoms with van der Waals surface area (Å²) >= 11 is 0. The predicted octanol–water partition coefficient (Wildman–Crippen LogP) is 3.20. The van der Waals surface area contributed by atoms with E-state index in [9.17, 15) is 18.4 Å². The van der Waals surface area contributed by atoms with Gasteiger partial charge in [0.2, 0.25) is 0 Å². The third-order valence-electron chi connectivity index (χ3n) is 3.54. The van der Waals surface area contributed by atoms with Crippen LogP contribution >= 0.6 is 0 Å². The molecule has 0 saturated carbocycles. The molecule has 0 aliphatic carbocycles. The zero-order chi connectivity index (χ0) is 18.7. The van der Waals surface area contributed by atoms with Gasteiger partial charge in [0.05, 0.1) is 12.6 Å². The van der Waals surface area contributed by atoms with Gasteiger partial charge in [-0.15, -0.1) is 0 Å². The Morgan fingerprint density at radius 2 is 1.88 bits per heavy atom. The number of carbonyl (C=O) groups is 2. The van der Waals surface area contributed by atoms with Crippen LogP contribution in [0.15, 0.2) is 42.5 Å². The standard InChI is InChI=1S/C17H13F2N3O4/c1-25-16(24)14-12-8-10(4-7-13(12)21-22-14)20-15(23)9-2-5-11(6-3-9)26-17(18)19/h2-8,17H,1H3,(H,20,23)(H,21,22). The molecule has 0 radical (unpaired) electrons. The van der Waals surface area contributed by atoms with E-state index in [0.717, 1.165) is 0 Å². The molecule has 0 bridgehead atoms. The lowest BCUT2D eigenvalue weighted by molar-refractivity contribution is -0.0498. The number of anilines is 1. The number of nitrogens with one attached hydrogen (secondary N) is 2. The Hall–Kier alpha value is -3.49. The molecule has 3 rings (SSSR count). The smallest absolute Gasteiger partial charge is 0.387 e. The van der Waals surface area contributed by atoms with Crippen molar-refractivity contribution < 1.29 is 27.8 Å². The van der Waals surface area contributed by atoms with Gasteiger partial charge in [-0.25, -0.2) is 4.79 Å². The molecule has 134 valence electrons. The highest BCUT2D eigenvalue weighted by Gasteiger charge is 2.15. The van der Waals surface area contributed by atoms with Gasteiger partial charge in [-0.1, -0.05) is 0 Å². The summed E-state index contributed by atoms with van der Waals surface area (Å²) in [6.45, 7) is -2.93. The average molecular weight is 361 g/mol. The average Bonchev–Trinajstić information content (AvgIpc) is 3.04. The van der Waals surface area contributed by atoms with Gasteiger partial charge in [0.25, 0.3) is 5.91 Å². The second-order valence-electron chi connectivity index (χ2n) is 5.18. The SMILES string of the molecule is COC(=O)c1n[nH]c2ccc(NC(=O)c3ccc(OC(F)F)cc3)cc12. The van der Waals surface area contributed by atoms with Gasteiger partial charge in [0.1, 0.15) is 5.75 Å². The number of amides is 1. The Morgan fingerprint density at radius 1 is 1.15 bits per heavy atom. The maximum atomic E-state index is 12.3. The monoisotopic (exact) mass is 361 g/mol. The van der Waals surface area contributed by atoms with E-state index in [1.165, 1.54) is 31.4 Å². The van der Waals surface area contributed by atoms with Gasteiger partial charge in [-0.3, -0.25) is 9.89 Å². The molecular weight excluding hydrogens is 348 g/mol. The van der Waals surface area contributed by atoms with Crippen molar-refractivity contribution in [1.29, 1.82) is 0 Å². The zero-order valence-electron chi connectivity index (χ0n) is 13.5. The van der Waals surface area contributed by atoms with E-state index < -0.39 is 18.5 Å². The van der Waals surface area contributed by atoms with E-state index >= 15 is 0 Å². The number of ether oxygens (including phenoxy) is 2. The molecule has 0 atom stereocenters. The molecule has 0 saturated heterocycles. The largest absolute Gasteiger partial charge is 0.464 e. The molecule has 0 aliphatic heterocycles. The number of halogens is 2. The Kier molecular flexibility index (Phi) is 4.78. The summed E-state index contributed by atoms with van der Waals surface area (Å²) in [5.74, 6) is -1.09. The van der Waals surface area contributed by atoms with Crippen molar-refractivity contribution in [2.45, 2.75) is 6.61 Å². The minimum absolute atomic E-state index is 0.0425. The molecule has 2 aromatic carbocycles. The summed E-state index contributed by atoms with van der Waals surface area (Å²) in [6.07, 6.45) is 0. The molecule has 2 N–H and O–H groups in total. The molecule has 26 heavy (non-hydrogen) atoms. The first-order chi connectivity index (χ1) is 12.5. The van der Waals surface area contributed by atoms with Crippen LogP contribution in [0.5, 0.6) is 5.75 Å². The van der Waals surface area contributed by atoms with Crippen LogP contribution in [0.2, 0.25) is 0 Å². The van der Waals surface area contributed by atoms with Crippen molar-refractivity contribution >= 4 is 28.5 Å². The molecule has 1 amide bonds. The molecule has 0 fully saturated rings. The molecule has 1 aromatic heterocycles. The number of hydrogen-bond donors (Lipinski definition) is 2. The summed E-state index contributed by atoms with van der Waals surface area (Å²) in [7, 11) is 1.25. The minimum atomic E-state index is -2.93. The van der Waals surface area contributed by atoms with Gasteiger partial charge >= 0.3 is 12.6 Å². The van der Waals surface area contributed by atoms with Crippen molar-refractivity contribution in [2.24, 2.45) is 0 Å². The fourth-order valence-corrected chi connectivity index (χ4v) is 2.34. The molecule has 9 heteroatoms. The predicted molar refractivity (Wildman–Crippen MR) is 88.5 cm³/mol. The van der Waals surface area contributed by atoms with Crippen LogP contribution in [0.1, 0.15) is 20.8 Å². The third-order valence-corrected chi connectivity index (χ3v) is 3.54. The highest BCUT2D eigenvalue weighted by Crippen LogP contribution is 2.22. The van der Waals surface area contributed by atoms with Crippen molar-refractivity contribution in [3.05, 3.63) is 53.7 Å². The second-order valence-corrected chi connectivity index (χ2v) is 5.18. The summed E-state index contributed by atoms with van der Waals surface area (Å²) in [5.41, 5.74) is 1.40. The number of esters is 1. The van der Waals surface area contributed by atoms with Crippen molar-refractivity contribution in [1.82, 2.24) is 10.2 Å². The Balaban J connectivity index is 1.79. The van der Waals surface area contributed by atoms with Crippen LogP contribution in [0.25, 0.3) is 10.9 Å². The van der Waals surface area contributed by atoms with Gasteiger partial charge in [-0.05, 0) is 42.5 Å². The summed E-state index contributed by atoms with van der Waals surface area (Å²) in [4.78, 5) is 24.0. The van der Waals surface area contributed by atoms with E-state index in [1.807, 2.05) is 0 Å². The maximum Gasteiger partial charge on any atom is 0.387 e. The van der Waals surface area contributed by atoms with Crippen LogP contribution in [0, 0.1) is 0 Å². The van der Waals surface area contributed by atoms with Gasteiger partial charge in [0, 0.05) is 16.6 Å². The lowest BCUT2D eigenvalue weighted by Crippen LogP contribution is -2.12. The summed E-state index contributed by atoms with van der Waals surface area (Å²) < 4.78 is 33.2. The van der Waals surface area contributed by atoms with E-state index in [1.54, 1.807) is 18.2 Å². The van der Waals surface area contributed by atoms with Crippen molar-refractivity contribution in [2.75, 3.05) is 12.4 Å². The number of hydrogen-bond acceptors (Lipinski definition) is 5. The van der Waals surface area contributed by atoms with Crippen molar-refractivity contribution in [3.8, 4) is 5.75 Å². The number of alkyl halides is 2. The lowest BCUT2D eigenvalue weighted by atomic mass is 10.1. The summed E-state index contributed by atoms with van der Waals surface area (Å²) in [5, 5.41) is 9.75. The number of aromatic amines is 1. The van der Waals surface area contributed by atoms with Gasteiger partial charge in [-0.2, -0.15) is 13.9 Å². The maximum absolute atomic E-state index is 12.3. The number of rotatable bonds is 5. The molecule has 0 spiro atoms. The fraction of sp³-hybridized carbons (Fsp3) is 0.118. The highest BCUT2D eigenvalue weighted by molar-refractivity contribution is 6.07. The second kappa shape index (κ2) is 7.18. The number of methoxy groups -OCH3 is 1. The number of carbonyl (C=O) groups excluding carboxylic acids is 2. The molecule has 0 aliphatic rings. The number of fused-ring (bicyclic) bond motifs is 1. The van der Waals surface area contributed by atoms with Crippen LogP contribution < -0.4 is 10.1 Å². The molecule has 3 aromatic rings. The number of benzene rings is 2. The molecule has 1 heterocycles. The molecular formula is C17H13F2N3O4. The third kappa shape index (κ3) is 3.61. The lowest BCUT2D eigenvalue weighted by Gasteiger charge is -2.07. The molecule has 7 nitrogen and oxygen atoms in total. The number of H-pyrrole nitrogens is 1. The van der Waals surface area contributed by atoms with Gasteiger partial charge < -0.3 is 14.8 Å². The molecule has 0 unspecified atom stereocenters. The summed E-state index contributed by atoms with van der Waals surface area (Å²) in [6, 6.07) is 10.1. The zero-order valence-corrected chi connectivity index (χ0v) is 13.5. The first-order valence-electron chi connectivity index (χ1n) is 7.40. The minimum Gasteiger partial charge on any atom is -0.464 e. The highest BCUT2D eigenvalue weighted by atomic mass is 19.3. The van der Waals surface area contributed by atoms with Crippen LogP contribution in [-0.2, 0) is 4.74 Å².